The average molecular weight is 361 g/mol. The molecule has 0 saturated carbocycles. The van der Waals surface area contributed by atoms with E-state index in [2.05, 4.69) is 38.5 Å². The van der Waals surface area contributed by atoms with Crippen molar-refractivity contribution in [3.05, 3.63) is 26.8 Å². The number of benzene rings is 1. The van der Waals surface area contributed by atoms with Gasteiger partial charge in [-0.1, -0.05) is 27.5 Å². The van der Waals surface area contributed by atoms with Crippen LogP contribution in [0.15, 0.2) is 18.2 Å². The minimum Gasteiger partial charge on any atom is -0.492 e. The summed E-state index contributed by atoms with van der Waals surface area (Å²) in [5.41, 5.74) is 0. The van der Waals surface area contributed by atoms with E-state index in [1.807, 2.05) is 18.2 Å². The largest absolute Gasteiger partial charge is 0.492 e. The lowest BCUT2D eigenvalue weighted by atomic mass is 10.3. The fraction of sp³-hybridized carbons (Fsp3) is 0.250. The van der Waals surface area contributed by atoms with Gasteiger partial charge >= 0.3 is 0 Å². The molecule has 0 aliphatic rings. The van der Waals surface area contributed by atoms with Crippen LogP contribution in [0, 0.1) is 3.57 Å². The molecule has 4 heteroatoms. The number of hydrogen-bond acceptors (Lipinski definition) is 1. The highest BCUT2D eigenvalue weighted by Gasteiger charge is 2.00. The van der Waals surface area contributed by atoms with Gasteiger partial charge in [0.05, 0.1) is 10.2 Å². The molecule has 0 atom stereocenters. The van der Waals surface area contributed by atoms with Gasteiger partial charge in [-0.3, -0.25) is 0 Å². The molecule has 1 aromatic carbocycles. The number of hydrogen-bond donors (Lipinski definition) is 0. The van der Waals surface area contributed by atoms with Crippen molar-refractivity contribution in [1.82, 2.24) is 0 Å². The highest BCUT2D eigenvalue weighted by Crippen LogP contribution is 2.24. The van der Waals surface area contributed by atoms with Gasteiger partial charge in [0, 0.05) is 10.4 Å². The maximum absolute atomic E-state index is 5.78. The second-order valence-corrected chi connectivity index (χ2v) is 4.50. The first-order chi connectivity index (χ1) is 5.74. The summed E-state index contributed by atoms with van der Waals surface area (Å²) in [6, 6.07) is 5.59. The van der Waals surface area contributed by atoms with Crippen molar-refractivity contribution < 1.29 is 4.74 Å². The van der Waals surface area contributed by atoms with E-state index in [0.29, 0.717) is 6.61 Å². The second-order valence-electron chi connectivity index (χ2n) is 2.11. The lowest BCUT2D eigenvalue weighted by molar-refractivity contribution is 0.342. The Morgan fingerprint density at radius 3 is 2.83 bits per heavy atom. The topological polar surface area (TPSA) is 9.23 Å². The SMILES string of the molecule is Clc1ccc(OCCBr)c(I)c1. The predicted molar refractivity (Wildman–Crippen MR) is 63.5 cm³/mol. The third kappa shape index (κ3) is 3.11. The van der Waals surface area contributed by atoms with E-state index >= 15 is 0 Å². The van der Waals surface area contributed by atoms with Gasteiger partial charge < -0.3 is 4.74 Å². The van der Waals surface area contributed by atoms with Crippen LogP contribution in [0.5, 0.6) is 5.75 Å². The van der Waals surface area contributed by atoms with Crippen LogP contribution in [-0.2, 0) is 0 Å². The molecule has 0 bridgehead atoms. The fourth-order valence-corrected chi connectivity index (χ4v) is 1.93. The third-order valence-corrected chi connectivity index (χ3v) is 2.63. The Hall–Kier alpha value is 0.520. The van der Waals surface area contributed by atoms with Crippen LogP contribution in [-0.4, -0.2) is 11.9 Å². The number of halogens is 3. The van der Waals surface area contributed by atoms with Crippen molar-refractivity contribution in [1.29, 1.82) is 0 Å². The van der Waals surface area contributed by atoms with Crippen molar-refractivity contribution in [2.45, 2.75) is 0 Å². The summed E-state index contributed by atoms with van der Waals surface area (Å²) in [7, 11) is 0. The summed E-state index contributed by atoms with van der Waals surface area (Å²) >= 11 is 11.3. The first kappa shape index (κ1) is 10.6. The summed E-state index contributed by atoms with van der Waals surface area (Å²) in [4.78, 5) is 0. The minimum absolute atomic E-state index is 0.678. The molecule has 0 saturated heterocycles. The standard InChI is InChI=1S/C8H7BrClIO/c9-3-4-12-8-2-1-6(10)5-7(8)11/h1-2,5H,3-4H2. The molecule has 0 N–H and O–H groups in total. The molecule has 1 nitrogen and oxygen atoms in total. The molecule has 0 aliphatic carbocycles. The number of ether oxygens (including phenoxy) is 1. The highest BCUT2D eigenvalue weighted by atomic mass is 127. The van der Waals surface area contributed by atoms with Gasteiger partial charge in [0.1, 0.15) is 5.75 Å². The zero-order valence-electron chi connectivity index (χ0n) is 6.19. The van der Waals surface area contributed by atoms with Crippen molar-refractivity contribution in [3.8, 4) is 5.75 Å². The molecule has 0 fully saturated rings. The summed E-state index contributed by atoms with van der Waals surface area (Å²) in [6.45, 7) is 0.678. The first-order valence-corrected chi connectivity index (χ1v) is 5.95. The van der Waals surface area contributed by atoms with Crippen LogP contribution in [0.3, 0.4) is 0 Å². The van der Waals surface area contributed by atoms with E-state index in [4.69, 9.17) is 16.3 Å². The lowest BCUT2D eigenvalue weighted by Gasteiger charge is -2.05. The van der Waals surface area contributed by atoms with Crippen LogP contribution < -0.4 is 4.74 Å². The van der Waals surface area contributed by atoms with E-state index in [0.717, 1.165) is 19.7 Å². The van der Waals surface area contributed by atoms with E-state index in [-0.39, 0.29) is 0 Å². The third-order valence-electron chi connectivity index (χ3n) is 1.23. The maximum atomic E-state index is 5.78. The molecule has 66 valence electrons. The zero-order chi connectivity index (χ0) is 8.97. The Bertz CT molecular complexity index is 267. The zero-order valence-corrected chi connectivity index (χ0v) is 10.7. The van der Waals surface area contributed by atoms with Gasteiger partial charge in [0.25, 0.3) is 0 Å². The second kappa shape index (κ2) is 5.29. The van der Waals surface area contributed by atoms with Gasteiger partial charge in [-0.05, 0) is 40.8 Å². The average Bonchev–Trinajstić information content (AvgIpc) is 2.03. The normalized spacial score (nSPS) is 9.92. The Labute approximate surface area is 98.7 Å². The monoisotopic (exact) mass is 360 g/mol. The van der Waals surface area contributed by atoms with E-state index in [1.165, 1.54) is 0 Å². The highest BCUT2D eigenvalue weighted by molar-refractivity contribution is 14.1. The molecule has 0 amide bonds. The molecule has 0 spiro atoms. The molecule has 0 unspecified atom stereocenters. The number of rotatable bonds is 3. The fourth-order valence-electron chi connectivity index (χ4n) is 0.741. The van der Waals surface area contributed by atoms with E-state index in [9.17, 15) is 0 Å². The predicted octanol–water partition coefficient (Wildman–Crippen LogP) is 3.72. The summed E-state index contributed by atoms with van der Waals surface area (Å²) in [5, 5.41) is 1.58. The van der Waals surface area contributed by atoms with Crippen molar-refractivity contribution in [2.24, 2.45) is 0 Å². The van der Waals surface area contributed by atoms with Gasteiger partial charge in [-0.15, -0.1) is 0 Å². The molecule has 12 heavy (non-hydrogen) atoms. The summed E-state index contributed by atoms with van der Waals surface area (Å²) in [6.07, 6.45) is 0. The van der Waals surface area contributed by atoms with Crippen LogP contribution >= 0.6 is 50.1 Å². The van der Waals surface area contributed by atoms with Crippen LogP contribution in [0.25, 0.3) is 0 Å². The smallest absolute Gasteiger partial charge is 0.132 e. The maximum Gasteiger partial charge on any atom is 0.132 e. The van der Waals surface area contributed by atoms with Crippen molar-refractivity contribution >= 4 is 50.1 Å². The molecular formula is C8H7BrClIO. The Kier molecular flexibility index (Phi) is 4.68. The Morgan fingerprint density at radius 2 is 2.25 bits per heavy atom. The lowest BCUT2D eigenvalue weighted by Crippen LogP contribution is -1.98. The Morgan fingerprint density at radius 1 is 1.50 bits per heavy atom. The number of alkyl halides is 1. The molecule has 0 aliphatic heterocycles. The molecule has 1 rings (SSSR count). The van der Waals surface area contributed by atoms with Gasteiger partial charge in [0.2, 0.25) is 0 Å². The first-order valence-electron chi connectivity index (χ1n) is 3.38. The molecule has 0 heterocycles. The molecular weight excluding hydrogens is 354 g/mol. The van der Waals surface area contributed by atoms with Crippen LogP contribution in [0.1, 0.15) is 0 Å². The van der Waals surface area contributed by atoms with E-state index < -0.39 is 0 Å². The van der Waals surface area contributed by atoms with E-state index in [1.54, 1.807) is 0 Å². The summed E-state index contributed by atoms with van der Waals surface area (Å²) in [5.74, 6) is 0.888. The van der Waals surface area contributed by atoms with Crippen LogP contribution in [0.4, 0.5) is 0 Å². The van der Waals surface area contributed by atoms with Crippen molar-refractivity contribution in [2.75, 3.05) is 11.9 Å². The Balaban J connectivity index is 2.72. The molecule has 0 radical (unpaired) electrons. The molecule has 1 aromatic rings. The minimum atomic E-state index is 0.678. The van der Waals surface area contributed by atoms with Gasteiger partial charge in [-0.2, -0.15) is 0 Å². The summed E-state index contributed by atoms with van der Waals surface area (Å²) < 4.78 is 6.47. The van der Waals surface area contributed by atoms with Gasteiger partial charge in [0.15, 0.2) is 0 Å². The van der Waals surface area contributed by atoms with Crippen LogP contribution in [0.2, 0.25) is 5.02 Å². The van der Waals surface area contributed by atoms with Crippen molar-refractivity contribution in [3.63, 3.8) is 0 Å². The quantitative estimate of drug-likeness (QED) is 0.589. The molecule has 0 aromatic heterocycles. The van der Waals surface area contributed by atoms with Gasteiger partial charge in [-0.25, -0.2) is 0 Å².